The summed E-state index contributed by atoms with van der Waals surface area (Å²) < 4.78 is 0. The van der Waals surface area contributed by atoms with Gasteiger partial charge in [-0.2, -0.15) is 0 Å². The molecule has 0 aromatic carbocycles. The molecular weight excluding hydrogens is 132 g/mol. The molecule has 0 atom stereocenters. The third kappa shape index (κ3) is 4.38. The monoisotopic (exact) mass is 146 g/mol. The SMILES string of the molecule is C1=C\C=C/CCC/C=C\C=C/1. The second-order valence-corrected chi connectivity index (χ2v) is 2.56. The van der Waals surface area contributed by atoms with E-state index in [1.54, 1.807) is 0 Å². The van der Waals surface area contributed by atoms with Gasteiger partial charge in [-0.05, 0) is 19.3 Å². The Morgan fingerprint density at radius 1 is 0.545 bits per heavy atom. The Kier molecular flexibility index (Phi) is 4.19. The summed E-state index contributed by atoms with van der Waals surface area (Å²) in [7, 11) is 0. The zero-order valence-corrected chi connectivity index (χ0v) is 6.74. The Morgan fingerprint density at radius 2 is 1.00 bits per heavy atom. The van der Waals surface area contributed by atoms with Gasteiger partial charge in [-0.25, -0.2) is 0 Å². The van der Waals surface area contributed by atoms with E-state index in [0.717, 1.165) is 0 Å². The van der Waals surface area contributed by atoms with Crippen molar-refractivity contribution in [3.63, 3.8) is 0 Å². The van der Waals surface area contributed by atoms with Gasteiger partial charge in [-0.15, -0.1) is 0 Å². The molecule has 0 heteroatoms. The summed E-state index contributed by atoms with van der Waals surface area (Å²) in [5.41, 5.74) is 0. The Bertz CT molecular complexity index is 170. The van der Waals surface area contributed by atoms with E-state index in [1.165, 1.54) is 19.3 Å². The van der Waals surface area contributed by atoms with Crippen molar-refractivity contribution < 1.29 is 0 Å². The van der Waals surface area contributed by atoms with Crippen molar-refractivity contribution in [2.75, 3.05) is 0 Å². The molecule has 0 amide bonds. The van der Waals surface area contributed by atoms with E-state index in [-0.39, 0.29) is 0 Å². The molecule has 0 bridgehead atoms. The van der Waals surface area contributed by atoms with Crippen LogP contribution in [0.25, 0.3) is 0 Å². The van der Waals surface area contributed by atoms with E-state index in [4.69, 9.17) is 0 Å². The van der Waals surface area contributed by atoms with E-state index < -0.39 is 0 Å². The zero-order valence-electron chi connectivity index (χ0n) is 6.74. The molecule has 0 saturated heterocycles. The van der Waals surface area contributed by atoms with Crippen LogP contribution < -0.4 is 0 Å². The smallest absolute Gasteiger partial charge is 0.0345 e. The van der Waals surface area contributed by atoms with E-state index in [1.807, 2.05) is 12.2 Å². The molecular formula is C11H14. The quantitative estimate of drug-likeness (QED) is 0.491. The molecule has 0 radical (unpaired) electrons. The van der Waals surface area contributed by atoms with Crippen molar-refractivity contribution in [1.82, 2.24) is 0 Å². The van der Waals surface area contributed by atoms with Gasteiger partial charge in [0.25, 0.3) is 0 Å². The number of hydrogen-bond acceptors (Lipinski definition) is 0. The first-order chi connectivity index (χ1) is 5.50. The van der Waals surface area contributed by atoms with Gasteiger partial charge in [0.1, 0.15) is 0 Å². The zero-order chi connectivity index (χ0) is 7.78. The van der Waals surface area contributed by atoms with Gasteiger partial charge in [0.2, 0.25) is 0 Å². The van der Waals surface area contributed by atoms with Crippen molar-refractivity contribution in [2.45, 2.75) is 19.3 Å². The minimum Gasteiger partial charge on any atom is -0.0845 e. The fourth-order valence-corrected chi connectivity index (χ4v) is 0.960. The van der Waals surface area contributed by atoms with Gasteiger partial charge in [-0.3, -0.25) is 0 Å². The van der Waals surface area contributed by atoms with Gasteiger partial charge in [0.05, 0.1) is 0 Å². The van der Waals surface area contributed by atoms with Crippen LogP contribution in [-0.2, 0) is 0 Å². The lowest BCUT2D eigenvalue weighted by molar-refractivity contribution is 0.868. The molecule has 1 rings (SSSR count). The van der Waals surface area contributed by atoms with Crippen molar-refractivity contribution in [2.24, 2.45) is 0 Å². The highest BCUT2D eigenvalue weighted by Crippen LogP contribution is 1.99. The van der Waals surface area contributed by atoms with E-state index in [9.17, 15) is 0 Å². The molecule has 1 aliphatic rings. The maximum absolute atomic E-state index is 2.21. The van der Waals surface area contributed by atoms with Crippen molar-refractivity contribution in [3.05, 3.63) is 48.6 Å². The molecule has 0 spiro atoms. The predicted molar refractivity (Wildman–Crippen MR) is 50.4 cm³/mol. The van der Waals surface area contributed by atoms with E-state index >= 15 is 0 Å². The first-order valence-electron chi connectivity index (χ1n) is 4.15. The van der Waals surface area contributed by atoms with E-state index in [2.05, 4.69) is 36.5 Å². The molecule has 0 heterocycles. The summed E-state index contributed by atoms with van der Waals surface area (Å²) in [6.07, 6.45) is 20.5. The van der Waals surface area contributed by atoms with Crippen LogP contribution in [0.4, 0.5) is 0 Å². The predicted octanol–water partition coefficient (Wildman–Crippen LogP) is 3.40. The first kappa shape index (κ1) is 8.06. The van der Waals surface area contributed by atoms with Gasteiger partial charge in [-0.1, -0.05) is 48.6 Å². The van der Waals surface area contributed by atoms with Gasteiger partial charge in [0.15, 0.2) is 0 Å². The molecule has 11 heavy (non-hydrogen) atoms. The Hall–Kier alpha value is -1.04. The summed E-state index contributed by atoms with van der Waals surface area (Å²) in [5.74, 6) is 0. The van der Waals surface area contributed by atoms with Gasteiger partial charge in [0, 0.05) is 0 Å². The number of rotatable bonds is 0. The average molecular weight is 146 g/mol. The molecule has 58 valence electrons. The van der Waals surface area contributed by atoms with Crippen LogP contribution in [0.3, 0.4) is 0 Å². The lowest BCUT2D eigenvalue weighted by Crippen LogP contribution is -1.67. The lowest BCUT2D eigenvalue weighted by Gasteiger charge is -1.87. The van der Waals surface area contributed by atoms with Crippen molar-refractivity contribution >= 4 is 0 Å². The minimum absolute atomic E-state index is 1.19. The van der Waals surface area contributed by atoms with Crippen LogP contribution in [0.15, 0.2) is 48.6 Å². The van der Waals surface area contributed by atoms with Crippen LogP contribution in [-0.4, -0.2) is 0 Å². The number of hydrogen-bond donors (Lipinski definition) is 0. The van der Waals surface area contributed by atoms with Crippen LogP contribution in [0.1, 0.15) is 19.3 Å². The van der Waals surface area contributed by atoms with Crippen LogP contribution in [0, 0.1) is 0 Å². The van der Waals surface area contributed by atoms with Crippen LogP contribution >= 0.6 is 0 Å². The second kappa shape index (κ2) is 5.72. The third-order valence-corrected chi connectivity index (χ3v) is 1.57. The second-order valence-electron chi connectivity index (χ2n) is 2.56. The summed E-state index contributed by atoms with van der Waals surface area (Å²) in [5, 5.41) is 0. The molecule has 0 aromatic rings. The topological polar surface area (TPSA) is 0 Å². The van der Waals surface area contributed by atoms with Gasteiger partial charge >= 0.3 is 0 Å². The van der Waals surface area contributed by atoms with Gasteiger partial charge < -0.3 is 0 Å². The molecule has 0 aliphatic heterocycles. The highest BCUT2D eigenvalue weighted by Gasteiger charge is 1.79. The highest BCUT2D eigenvalue weighted by atomic mass is 13.9. The average Bonchev–Trinajstić information content (AvgIpc) is 2.08. The van der Waals surface area contributed by atoms with Crippen molar-refractivity contribution in [1.29, 1.82) is 0 Å². The third-order valence-electron chi connectivity index (χ3n) is 1.57. The summed E-state index contributed by atoms with van der Waals surface area (Å²) in [6.45, 7) is 0. The molecule has 0 N–H and O–H groups in total. The summed E-state index contributed by atoms with van der Waals surface area (Å²) >= 11 is 0. The highest BCUT2D eigenvalue weighted by molar-refractivity contribution is 5.15. The Balaban J connectivity index is 2.47. The first-order valence-corrected chi connectivity index (χ1v) is 4.15. The molecule has 0 aromatic heterocycles. The molecule has 0 nitrogen and oxygen atoms in total. The Labute approximate surface area is 68.6 Å². The maximum atomic E-state index is 2.21. The standard InChI is InChI=1S/C11H14/c1-2-4-6-8-10-11-9-7-5-3-1/h1-8H,9-11H2/b3-1-,4-2-,7-5-,8-6-. The molecule has 1 aliphatic carbocycles. The molecule has 0 unspecified atom stereocenters. The van der Waals surface area contributed by atoms with Crippen molar-refractivity contribution in [3.8, 4) is 0 Å². The summed E-state index contributed by atoms with van der Waals surface area (Å²) in [6, 6.07) is 0. The van der Waals surface area contributed by atoms with Crippen LogP contribution in [0.2, 0.25) is 0 Å². The van der Waals surface area contributed by atoms with E-state index in [0.29, 0.717) is 0 Å². The fraction of sp³-hybridized carbons (Fsp3) is 0.273. The number of allylic oxidation sites excluding steroid dienone is 8. The lowest BCUT2D eigenvalue weighted by atomic mass is 10.2. The largest absolute Gasteiger partial charge is 0.0845 e. The summed E-state index contributed by atoms with van der Waals surface area (Å²) in [4.78, 5) is 0. The Morgan fingerprint density at radius 3 is 1.55 bits per heavy atom. The fourth-order valence-electron chi connectivity index (χ4n) is 0.960. The molecule has 0 fully saturated rings. The molecule has 0 saturated carbocycles. The maximum Gasteiger partial charge on any atom is -0.0345 e. The normalized spacial score (nSPS) is 29.8. The van der Waals surface area contributed by atoms with Crippen LogP contribution in [0.5, 0.6) is 0 Å². The minimum atomic E-state index is 1.19.